The highest BCUT2D eigenvalue weighted by atomic mass is 32.2. The van der Waals surface area contributed by atoms with Crippen LogP contribution in [0.15, 0.2) is 48.5 Å². The number of rotatable bonds is 10. The molecule has 2 aromatic carbocycles. The molecule has 0 heterocycles. The second-order valence-corrected chi connectivity index (χ2v) is 12.0. The quantitative estimate of drug-likeness (QED) is 0.529. The second-order valence-electron chi connectivity index (χ2n) is 10.1. The lowest BCUT2D eigenvalue weighted by molar-refractivity contribution is -0.141. The average molecular weight is 502 g/mol. The fraction of sp³-hybridized carbons (Fsp3) is 0.481. The molecule has 2 aromatic rings. The zero-order valence-electron chi connectivity index (χ0n) is 22.0. The number of anilines is 1. The van der Waals surface area contributed by atoms with E-state index < -0.39 is 21.6 Å². The lowest BCUT2D eigenvalue weighted by Crippen LogP contribution is -2.52. The van der Waals surface area contributed by atoms with Gasteiger partial charge in [-0.1, -0.05) is 36.4 Å². The molecule has 192 valence electrons. The summed E-state index contributed by atoms with van der Waals surface area (Å²) in [7, 11) is -3.52. The summed E-state index contributed by atoms with van der Waals surface area (Å²) in [5.74, 6) is -0.423. The van der Waals surface area contributed by atoms with Crippen molar-refractivity contribution in [2.24, 2.45) is 0 Å². The summed E-state index contributed by atoms with van der Waals surface area (Å²) < 4.78 is 26.3. The second kappa shape index (κ2) is 11.7. The van der Waals surface area contributed by atoms with Crippen molar-refractivity contribution in [1.82, 2.24) is 10.2 Å². The van der Waals surface area contributed by atoms with Gasteiger partial charge in [-0.3, -0.25) is 13.9 Å². The summed E-state index contributed by atoms with van der Waals surface area (Å²) in [6, 6.07) is 14.4. The van der Waals surface area contributed by atoms with Crippen LogP contribution in [0.25, 0.3) is 0 Å². The van der Waals surface area contributed by atoms with E-state index in [1.165, 1.54) is 10.6 Å². The zero-order valence-corrected chi connectivity index (χ0v) is 22.8. The highest BCUT2D eigenvalue weighted by Gasteiger charge is 2.28. The van der Waals surface area contributed by atoms with Crippen LogP contribution in [0.4, 0.5) is 5.69 Å². The minimum absolute atomic E-state index is 0.122. The predicted molar refractivity (Wildman–Crippen MR) is 142 cm³/mol. The van der Waals surface area contributed by atoms with E-state index in [9.17, 15) is 18.0 Å². The molecule has 0 unspecified atom stereocenters. The van der Waals surface area contributed by atoms with Gasteiger partial charge in [-0.25, -0.2) is 8.42 Å². The van der Waals surface area contributed by atoms with E-state index in [1.54, 1.807) is 17.9 Å². The molecular formula is C27H39N3O4S. The molecule has 1 atom stereocenters. The molecule has 7 nitrogen and oxygen atoms in total. The molecule has 0 saturated carbocycles. The first-order valence-corrected chi connectivity index (χ1v) is 13.7. The molecule has 0 spiro atoms. The number of nitrogens with zero attached hydrogens (tertiary/aromatic N) is 2. The molecule has 0 aromatic heterocycles. The van der Waals surface area contributed by atoms with E-state index in [4.69, 9.17) is 0 Å². The Hall–Kier alpha value is -2.87. The van der Waals surface area contributed by atoms with E-state index in [0.717, 1.165) is 16.7 Å². The maximum Gasteiger partial charge on any atom is 0.242 e. The first-order chi connectivity index (χ1) is 16.2. The highest BCUT2D eigenvalue weighted by Crippen LogP contribution is 2.22. The van der Waals surface area contributed by atoms with Gasteiger partial charge in [0.1, 0.15) is 6.04 Å². The maximum atomic E-state index is 13.3. The Labute approximate surface area is 210 Å². The van der Waals surface area contributed by atoms with Gasteiger partial charge >= 0.3 is 0 Å². The minimum Gasteiger partial charge on any atom is -0.350 e. The topological polar surface area (TPSA) is 86.8 Å². The third kappa shape index (κ3) is 8.69. The Morgan fingerprint density at radius 2 is 1.63 bits per heavy atom. The Morgan fingerprint density at radius 1 is 1.00 bits per heavy atom. The van der Waals surface area contributed by atoms with Gasteiger partial charge in [-0.15, -0.1) is 0 Å². The van der Waals surface area contributed by atoms with Crippen LogP contribution in [0.2, 0.25) is 0 Å². The number of carbonyl (C=O) groups excluding carboxylic acids is 2. The molecule has 0 bridgehead atoms. The van der Waals surface area contributed by atoms with Gasteiger partial charge in [0.05, 0.1) is 11.9 Å². The molecule has 0 radical (unpaired) electrons. The number of sulfonamides is 1. The number of hydrogen-bond acceptors (Lipinski definition) is 4. The van der Waals surface area contributed by atoms with Gasteiger partial charge in [0.15, 0.2) is 0 Å². The smallest absolute Gasteiger partial charge is 0.242 e. The Bertz CT molecular complexity index is 1120. The highest BCUT2D eigenvalue weighted by molar-refractivity contribution is 7.92. The number of amides is 2. The molecule has 8 heteroatoms. The number of aryl methyl sites for hydroxylation is 2. The molecule has 1 N–H and O–H groups in total. The number of benzene rings is 2. The van der Waals surface area contributed by atoms with Crippen molar-refractivity contribution < 1.29 is 18.0 Å². The van der Waals surface area contributed by atoms with Gasteiger partial charge in [0, 0.05) is 25.0 Å². The van der Waals surface area contributed by atoms with Crippen molar-refractivity contribution in [3.8, 4) is 0 Å². The fourth-order valence-electron chi connectivity index (χ4n) is 3.72. The van der Waals surface area contributed by atoms with Crippen LogP contribution in [0, 0.1) is 13.8 Å². The number of carbonyl (C=O) groups is 2. The fourth-order valence-corrected chi connectivity index (χ4v) is 4.68. The first-order valence-electron chi connectivity index (χ1n) is 11.9. The summed E-state index contributed by atoms with van der Waals surface area (Å²) in [4.78, 5) is 27.7. The minimum atomic E-state index is -3.52. The summed E-state index contributed by atoms with van der Waals surface area (Å²) in [5, 5.41) is 2.95. The van der Waals surface area contributed by atoms with Crippen molar-refractivity contribution in [2.75, 3.05) is 17.1 Å². The Kier molecular flexibility index (Phi) is 9.49. The van der Waals surface area contributed by atoms with Crippen LogP contribution in [0.5, 0.6) is 0 Å². The molecule has 0 saturated heterocycles. The monoisotopic (exact) mass is 501 g/mol. The summed E-state index contributed by atoms with van der Waals surface area (Å²) >= 11 is 0. The molecule has 0 fully saturated rings. The molecule has 2 amide bonds. The van der Waals surface area contributed by atoms with E-state index in [-0.39, 0.29) is 24.8 Å². The zero-order chi connectivity index (χ0) is 26.4. The van der Waals surface area contributed by atoms with Crippen molar-refractivity contribution in [3.05, 3.63) is 65.2 Å². The number of hydrogen-bond donors (Lipinski definition) is 1. The normalized spacial score (nSPS) is 12.7. The Morgan fingerprint density at radius 3 is 2.17 bits per heavy atom. The molecule has 0 aliphatic carbocycles. The van der Waals surface area contributed by atoms with Crippen molar-refractivity contribution in [1.29, 1.82) is 0 Å². The lowest BCUT2D eigenvalue weighted by Gasteiger charge is -2.32. The lowest BCUT2D eigenvalue weighted by atomic mass is 10.1. The molecule has 2 rings (SSSR count). The van der Waals surface area contributed by atoms with Crippen LogP contribution < -0.4 is 9.62 Å². The van der Waals surface area contributed by atoms with Crippen molar-refractivity contribution in [2.45, 2.75) is 72.5 Å². The van der Waals surface area contributed by atoms with Crippen molar-refractivity contribution in [3.63, 3.8) is 0 Å². The van der Waals surface area contributed by atoms with Gasteiger partial charge in [0.2, 0.25) is 21.8 Å². The summed E-state index contributed by atoms with van der Waals surface area (Å²) in [5.41, 5.74) is 3.16. The average Bonchev–Trinajstić information content (AvgIpc) is 2.75. The number of nitrogens with one attached hydrogen (secondary N) is 1. The van der Waals surface area contributed by atoms with E-state index in [1.807, 2.05) is 77.1 Å². The summed E-state index contributed by atoms with van der Waals surface area (Å²) in [6.45, 7) is 11.8. The first kappa shape index (κ1) is 28.4. The van der Waals surface area contributed by atoms with E-state index in [0.29, 0.717) is 18.7 Å². The molecule has 35 heavy (non-hydrogen) atoms. The van der Waals surface area contributed by atoms with Gasteiger partial charge < -0.3 is 10.2 Å². The van der Waals surface area contributed by atoms with Crippen LogP contribution in [-0.2, 0) is 26.2 Å². The van der Waals surface area contributed by atoms with Gasteiger partial charge in [0.25, 0.3) is 0 Å². The van der Waals surface area contributed by atoms with Crippen LogP contribution in [-0.4, -0.2) is 49.5 Å². The maximum absolute atomic E-state index is 13.3. The van der Waals surface area contributed by atoms with Gasteiger partial charge in [-0.2, -0.15) is 0 Å². The molecular weight excluding hydrogens is 462 g/mol. The van der Waals surface area contributed by atoms with Crippen LogP contribution >= 0.6 is 0 Å². The van der Waals surface area contributed by atoms with Crippen LogP contribution in [0.3, 0.4) is 0 Å². The Balaban J connectivity index is 2.18. The third-order valence-electron chi connectivity index (χ3n) is 5.79. The van der Waals surface area contributed by atoms with E-state index >= 15 is 0 Å². The third-order valence-corrected chi connectivity index (χ3v) is 6.99. The van der Waals surface area contributed by atoms with Gasteiger partial charge in [-0.05, 0) is 76.8 Å². The SMILES string of the molecule is Cc1ccc(N(CCCC(=O)N(Cc2ccccc2)[C@@H](C)C(=O)NC(C)(C)C)S(C)(=O)=O)cc1C. The van der Waals surface area contributed by atoms with Crippen molar-refractivity contribution >= 4 is 27.5 Å². The molecule has 0 aliphatic heterocycles. The predicted octanol–water partition coefficient (Wildman–Crippen LogP) is 4.18. The largest absolute Gasteiger partial charge is 0.350 e. The van der Waals surface area contributed by atoms with Crippen LogP contribution in [0.1, 0.15) is 57.2 Å². The summed E-state index contributed by atoms with van der Waals surface area (Å²) in [6.07, 6.45) is 1.62. The standard InChI is InChI=1S/C27H39N3O4S/c1-20-15-16-24(18-21(20)2)30(35(7,33)34)17-11-14-25(31)29(19-23-12-9-8-10-13-23)22(3)26(32)28-27(4,5)6/h8-10,12-13,15-16,18,22H,11,14,17,19H2,1-7H3,(H,28,32)/t22-/m0/s1. The van der Waals surface area contributed by atoms with E-state index in [2.05, 4.69) is 5.32 Å². The molecule has 0 aliphatic rings.